The first-order valence-corrected chi connectivity index (χ1v) is 16.3. The van der Waals surface area contributed by atoms with Crippen molar-refractivity contribution in [2.75, 3.05) is 0 Å². The van der Waals surface area contributed by atoms with E-state index in [1.807, 2.05) is 0 Å². The van der Waals surface area contributed by atoms with Crippen molar-refractivity contribution in [3.8, 4) is 11.7 Å². The van der Waals surface area contributed by atoms with Crippen molar-refractivity contribution in [3.05, 3.63) is 140 Å². The monoisotopic (exact) mass is 605 g/mol. The van der Waals surface area contributed by atoms with E-state index in [1.165, 1.54) is 58.1 Å². The van der Waals surface area contributed by atoms with Gasteiger partial charge < -0.3 is 8.98 Å². The summed E-state index contributed by atoms with van der Waals surface area (Å²) >= 11 is 1.79. The third-order valence-electron chi connectivity index (χ3n) is 9.55. The SMILES string of the molecule is c1ccc2c(c1)ccc1c2c2ccc(-n3c4ccccc4c4ccccc43)cc2n1-c1nc2ccc3sc4ccccc4c3c2o1. The molecule has 0 saturated heterocycles. The van der Waals surface area contributed by atoms with Crippen molar-refractivity contribution in [2.45, 2.75) is 0 Å². The number of aromatic nitrogens is 3. The summed E-state index contributed by atoms with van der Waals surface area (Å²) < 4.78 is 13.9. The molecule has 46 heavy (non-hydrogen) atoms. The molecule has 0 fully saturated rings. The zero-order valence-corrected chi connectivity index (χ0v) is 25.3. The Balaban J connectivity index is 1.27. The number of hydrogen-bond donors (Lipinski definition) is 0. The highest BCUT2D eigenvalue weighted by Gasteiger charge is 2.22. The van der Waals surface area contributed by atoms with Crippen LogP contribution in [0.15, 0.2) is 144 Å². The number of oxazole rings is 1. The predicted molar refractivity (Wildman–Crippen MR) is 193 cm³/mol. The number of rotatable bonds is 2. The van der Waals surface area contributed by atoms with E-state index in [2.05, 4.69) is 149 Å². The van der Waals surface area contributed by atoms with Gasteiger partial charge in [-0.2, -0.15) is 4.98 Å². The summed E-state index contributed by atoms with van der Waals surface area (Å²) in [6.07, 6.45) is 0. The van der Waals surface area contributed by atoms with E-state index >= 15 is 0 Å². The Kier molecular flexibility index (Phi) is 4.69. The maximum atomic E-state index is 6.84. The minimum atomic E-state index is 0.576. The summed E-state index contributed by atoms with van der Waals surface area (Å²) in [5.41, 5.74) is 7.30. The molecular formula is C41H23N3OS. The van der Waals surface area contributed by atoms with Crippen molar-refractivity contribution in [1.82, 2.24) is 14.1 Å². The van der Waals surface area contributed by atoms with Crippen molar-refractivity contribution in [1.29, 1.82) is 0 Å². The van der Waals surface area contributed by atoms with Crippen LogP contribution in [-0.4, -0.2) is 14.1 Å². The van der Waals surface area contributed by atoms with Gasteiger partial charge in [0, 0.05) is 47.4 Å². The number of hydrogen-bond acceptors (Lipinski definition) is 3. The summed E-state index contributed by atoms with van der Waals surface area (Å²) in [5.74, 6) is 0. The zero-order valence-electron chi connectivity index (χ0n) is 24.4. The molecule has 0 unspecified atom stereocenters. The highest BCUT2D eigenvalue weighted by Crippen LogP contribution is 2.42. The second-order valence-electron chi connectivity index (χ2n) is 12.0. The molecule has 11 aromatic rings. The Hall–Kier alpha value is -5.91. The van der Waals surface area contributed by atoms with Crippen molar-refractivity contribution in [2.24, 2.45) is 0 Å². The Labute approximate surface area is 265 Å². The van der Waals surface area contributed by atoms with Gasteiger partial charge in [-0.15, -0.1) is 11.3 Å². The molecule has 0 bridgehead atoms. The van der Waals surface area contributed by atoms with E-state index in [9.17, 15) is 0 Å². The molecule has 4 heterocycles. The fourth-order valence-electron chi connectivity index (χ4n) is 7.60. The van der Waals surface area contributed by atoms with E-state index in [-0.39, 0.29) is 0 Å². The molecule has 0 spiro atoms. The second kappa shape index (κ2) is 8.84. The lowest BCUT2D eigenvalue weighted by Gasteiger charge is -2.09. The predicted octanol–water partition coefficient (Wildman–Crippen LogP) is 11.5. The normalized spacial score (nSPS) is 12.3. The number of benzene rings is 7. The number of para-hydroxylation sites is 2. The molecule has 0 N–H and O–H groups in total. The van der Waals surface area contributed by atoms with E-state index in [0.29, 0.717) is 6.01 Å². The van der Waals surface area contributed by atoms with Crippen LogP contribution in [0.1, 0.15) is 0 Å². The minimum absolute atomic E-state index is 0.576. The van der Waals surface area contributed by atoms with Crippen molar-refractivity contribution in [3.63, 3.8) is 0 Å². The highest BCUT2D eigenvalue weighted by atomic mass is 32.1. The highest BCUT2D eigenvalue weighted by molar-refractivity contribution is 7.26. The van der Waals surface area contributed by atoms with Gasteiger partial charge in [-0.3, -0.25) is 4.57 Å². The van der Waals surface area contributed by atoms with Crippen LogP contribution in [0.5, 0.6) is 0 Å². The molecule has 5 heteroatoms. The Morgan fingerprint density at radius 2 is 1.20 bits per heavy atom. The molecule has 0 saturated carbocycles. The molecule has 4 nitrogen and oxygen atoms in total. The van der Waals surface area contributed by atoms with Gasteiger partial charge in [-0.1, -0.05) is 91.0 Å². The average molecular weight is 606 g/mol. The van der Waals surface area contributed by atoms with Crippen LogP contribution in [0.4, 0.5) is 0 Å². The van der Waals surface area contributed by atoms with E-state index in [0.717, 1.165) is 33.2 Å². The quantitative estimate of drug-likeness (QED) is 0.196. The molecule has 0 aliphatic rings. The number of nitrogens with zero attached hydrogens (tertiary/aromatic N) is 3. The Morgan fingerprint density at radius 3 is 2.02 bits per heavy atom. The van der Waals surface area contributed by atoms with Crippen LogP contribution in [-0.2, 0) is 0 Å². The largest absolute Gasteiger partial charge is 0.422 e. The van der Waals surface area contributed by atoms with Gasteiger partial charge in [0.2, 0.25) is 0 Å². The first-order valence-electron chi connectivity index (χ1n) is 15.5. The molecular weight excluding hydrogens is 583 g/mol. The summed E-state index contributed by atoms with van der Waals surface area (Å²) in [7, 11) is 0. The minimum Gasteiger partial charge on any atom is -0.422 e. The van der Waals surface area contributed by atoms with Crippen molar-refractivity contribution >= 4 is 97.0 Å². The van der Waals surface area contributed by atoms with Gasteiger partial charge in [-0.25, -0.2) is 0 Å². The molecule has 0 aliphatic heterocycles. The molecule has 214 valence electrons. The summed E-state index contributed by atoms with van der Waals surface area (Å²) in [5, 5.41) is 9.64. The molecule has 0 atom stereocenters. The summed E-state index contributed by atoms with van der Waals surface area (Å²) in [6, 6.07) is 50.6. The number of thiophene rings is 1. The van der Waals surface area contributed by atoms with Gasteiger partial charge in [0.1, 0.15) is 5.52 Å². The fourth-order valence-corrected chi connectivity index (χ4v) is 8.70. The first kappa shape index (κ1) is 24.4. The molecule has 0 amide bonds. The summed E-state index contributed by atoms with van der Waals surface area (Å²) in [6.45, 7) is 0. The maximum absolute atomic E-state index is 6.84. The standard InChI is InChI=1S/C41H23N3OS/c1-2-10-26-24(9-1)17-21-34-38(26)29-19-18-25(43-32-14-6-3-11-27(32)28-12-4-7-15-33(28)43)23-35(29)44(34)41-42-31-20-22-37-39(40(31)45-41)30-13-5-8-16-36(30)46-37/h1-23H. The van der Waals surface area contributed by atoms with Crippen LogP contribution in [0.3, 0.4) is 0 Å². The molecule has 7 aromatic carbocycles. The lowest BCUT2D eigenvalue weighted by molar-refractivity contribution is 0.577. The molecule has 11 rings (SSSR count). The van der Waals surface area contributed by atoms with Crippen LogP contribution < -0.4 is 0 Å². The lowest BCUT2D eigenvalue weighted by Crippen LogP contribution is -1.97. The van der Waals surface area contributed by atoms with Gasteiger partial charge in [-0.05, 0) is 59.3 Å². The van der Waals surface area contributed by atoms with Gasteiger partial charge >= 0.3 is 6.01 Å². The molecule has 4 aromatic heterocycles. The third kappa shape index (κ3) is 3.14. The lowest BCUT2D eigenvalue weighted by atomic mass is 10.0. The van der Waals surface area contributed by atoms with Crippen LogP contribution in [0.2, 0.25) is 0 Å². The van der Waals surface area contributed by atoms with Gasteiger partial charge in [0.15, 0.2) is 5.58 Å². The van der Waals surface area contributed by atoms with E-state index in [1.54, 1.807) is 11.3 Å². The molecule has 0 radical (unpaired) electrons. The smallest absolute Gasteiger partial charge is 0.307 e. The van der Waals surface area contributed by atoms with E-state index in [4.69, 9.17) is 9.40 Å². The van der Waals surface area contributed by atoms with E-state index < -0.39 is 0 Å². The van der Waals surface area contributed by atoms with Crippen LogP contribution >= 0.6 is 11.3 Å². The fraction of sp³-hybridized carbons (Fsp3) is 0. The van der Waals surface area contributed by atoms with Gasteiger partial charge in [0.05, 0.1) is 22.1 Å². The summed E-state index contributed by atoms with van der Waals surface area (Å²) in [4.78, 5) is 5.16. The topological polar surface area (TPSA) is 35.9 Å². The maximum Gasteiger partial charge on any atom is 0.307 e. The van der Waals surface area contributed by atoms with Gasteiger partial charge in [0.25, 0.3) is 0 Å². The average Bonchev–Trinajstić information content (AvgIpc) is 3.86. The molecule has 0 aliphatic carbocycles. The number of fused-ring (bicyclic) bond motifs is 13. The second-order valence-corrected chi connectivity index (χ2v) is 13.1. The first-order chi connectivity index (χ1) is 22.8. The zero-order chi connectivity index (χ0) is 29.9. The van der Waals surface area contributed by atoms with Crippen LogP contribution in [0, 0.1) is 0 Å². The van der Waals surface area contributed by atoms with Crippen LogP contribution in [0.25, 0.3) is 97.4 Å². The third-order valence-corrected chi connectivity index (χ3v) is 10.7. The Bertz CT molecular complexity index is 2990. The Morgan fingerprint density at radius 1 is 0.478 bits per heavy atom. The van der Waals surface area contributed by atoms with Crippen molar-refractivity contribution < 1.29 is 4.42 Å².